The van der Waals surface area contributed by atoms with Gasteiger partial charge in [-0.1, -0.05) is 48.5 Å². The first-order valence-corrected chi connectivity index (χ1v) is 7.30. The van der Waals surface area contributed by atoms with E-state index in [0.717, 1.165) is 11.2 Å². The van der Waals surface area contributed by atoms with E-state index in [-0.39, 0.29) is 5.92 Å². The Kier molecular flexibility index (Phi) is 3.16. The molecule has 1 N–H and O–H groups in total. The molecule has 2 aromatic heterocycles. The van der Waals surface area contributed by atoms with Crippen LogP contribution in [0.1, 0.15) is 22.7 Å². The fourth-order valence-electron chi connectivity index (χ4n) is 2.98. The third-order valence-electron chi connectivity index (χ3n) is 3.95. The van der Waals surface area contributed by atoms with E-state index >= 15 is 0 Å². The first kappa shape index (κ1) is 12.8. The number of H-pyrrole nitrogens is 1. The standard InChI is InChI=1S/C19H15N3/c1-2-6-14(7-3-1)19(18-12-20-13-22-18)16-8-4-10-17-15(16)9-5-11-21-17/h1-13,19H,(H,20,22). The van der Waals surface area contributed by atoms with Gasteiger partial charge in [0.15, 0.2) is 0 Å². The molecule has 0 amide bonds. The molecule has 2 aromatic carbocycles. The molecule has 4 aromatic rings. The van der Waals surface area contributed by atoms with Gasteiger partial charge in [-0.3, -0.25) is 4.98 Å². The lowest BCUT2D eigenvalue weighted by Gasteiger charge is -2.18. The third kappa shape index (κ3) is 2.17. The molecule has 106 valence electrons. The molecule has 0 bridgehead atoms. The maximum Gasteiger partial charge on any atom is 0.0922 e. The van der Waals surface area contributed by atoms with Crippen LogP contribution in [-0.2, 0) is 0 Å². The number of benzene rings is 2. The molecule has 0 radical (unpaired) electrons. The molecule has 2 heterocycles. The topological polar surface area (TPSA) is 41.6 Å². The monoisotopic (exact) mass is 285 g/mol. The Morgan fingerprint density at radius 1 is 0.864 bits per heavy atom. The first-order chi connectivity index (χ1) is 10.9. The summed E-state index contributed by atoms with van der Waals surface area (Å²) in [5.74, 6) is 0.122. The van der Waals surface area contributed by atoms with E-state index in [0.29, 0.717) is 0 Å². The zero-order valence-electron chi connectivity index (χ0n) is 12.0. The lowest BCUT2D eigenvalue weighted by molar-refractivity contribution is 0.942. The summed E-state index contributed by atoms with van der Waals surface area (Å²) in [6, 6.07) is 20.9. The normalized spacial score (nSPS) is 12.4. The van der Waals surface area contributed by atoms with Gasteiger partial charge in [-0.15, -0.1) is 0 Å². The zero-order chi connectivity index (χ0) is 14.8. The second kappa shape index (κ2) is 5.45. The highest BCUT2D eigenvalue weighted by molar-refractivity contribution is 5.83. The first-order valence-electron chi connectivity index (χ1n) is 7.30. The van der Waals surface area contributed by atoms with Gasteiger partial charge >= 0.3 is 0 Å². The quantitative estimate of drug-likeness (QED) is 0.614. The molecular weight excluding hydrogens is 270 g/mol. The largest absolute Gasteiger partial charge is 0.348 e. The molecule has 1 atom stereocenters. The van der Waals surface area contributed by atoms with E-state index in [1.807, 2.05) is 30.6 Å². The maximum atomic E-state index is 4.47. The Bertz CT molecular complexity index is 878. The van der Waals surface area contributed by atoms with Crippen LogP contribution in [0.25, 0.3) is 10.9 Å². The van der Waals surface area contributed by atoms with E-state index in [1.165, 1.54) is 16.5 Å². The summed E-state index contributed by atoms with van der Waals surface area (Å²) >= 11 is 0. The van der Waals surface area contributed by atoms with Crippen molar-refractivity contribution < 1.29 is 0 Å². The molecule has 0 saturated heterocycles. The number of pyridine rings is 1. The summed E-state index contributed by atoms with van der Waals surface area (Å²) in [7, 11) is 0. The Hall–Kier alpha value is -2.94. The summed E-state index contributed by atoms with van der Waals surface area (Å²) in [6.07, 6.45) is 5.46. The van der Waals surface area contributed by atoms with Gasteiger partial charge in [0.2, 0.25) is 0 Å². The number of imidazole rings is 1. The van der Waals surface area contributed by atoms with Crippen LogP contribution in [0, 0.1) is 0 Å². The van der Waals surface area contributed by atoms with Crippen molar-refractivity contribution in [3.05, 3.63) is 96.2 Å². The summed E-state index contributed by atoms with van der Waals surface area (Å²) in [4.78, 5) is 11.9. The van der Waals surface area contributed by atoms with Crippen molar-refractivity contribution in [3.8, 4) is 0 Å². The average molecular weight is 285 g/mol. The van der Waals surface area contributed by atoms with Crippen molar-refractivity contribution >= 4 is 10.9 Å². The van der Waals surface area contributed by atoms with E-state index in [2.05, 4.69) is 57.4 Å². The summed E-state index contributed by atoms with van der Waals surface area (Å²) in [5.41, 5.74) is 4.58. The van der Waals surface area contributed by atoms with Gasteiger partial charge in [-0.05, 0) is 23.3 Å². The van der Waals surface area contributed by atoms with Crippen LogP contribution in [0.4, 0.5) is 0 Å². The Balaban J connectivity index is 1.98. The minimum absolute atomic E-state index is 0.122. The molecule has 22 heavy (non-hydrogen) atoms. The van der Waals surface area contributed by atoms with Crippen LogP contribution in [0.3, 0.4) is 0 Å². The Labute approximate surface area is 128 Å². The van der Waals surface area contributed by atoms with Gasteiger partial charge in [-0.25, -0.2) is 4.98 Å². The van der Waals surface area contributed by atoms with Crippen LogP contribution in [0.5, 0.6) is 0 Å². The molecule has 0 aliphatic heterocycles. The molecular formula is C19H15N3. The number of nitrogens with zero attached hydrogens (tertiary/aromatic N) is 2. The predicted molar refractivity (Wildman–Crippen MR) is 87.7 cm³/mol. The van der Waals surface area contributed by atoms with Crippen LogP contribution in [0.15, 0.2) is 79.4 Å². The minimum Gasteiger partial charge on any atom is -0.348 e. The van der Waals surface area contributed by atoms with Crippen LogP contribution >= 0.6 is 0 Å². The van der Waals surface area contributed by atoms with Gasteiger partial charge in [0, 0.05) is 23.5 Å². The molecule has 0 fully saturated rings. The maximum absolute atomic E-state index is 4.47. The van der Waals surface area contributed by atoms with E-state index in [9.17, 15) is 0 Å². The van der Waals surface area contributed by atoms with Gasteiger partial charge in [0.25, 0.3) is 0 Å². The summed E-state index contributed by atoms with van der Waals surface area (Å²) in [6.45, 7) is 0. The predicted octanol–water partition coefficient (Wildman–Crippen LogP) is 4.14. The van der Waals surface area contributed by atoms with Crippen molar-refractivity contribution in [3.63, 3.8) is 0 Å². The fourth-order valence-corrected chi connectivity index (χ4v) is 2.98. The molecule has 3 nitrogen and oxygen atoms in total. The molecule has 3 heteroatoms. The molecule has 1 unspecified atom stereocenters. The summed E-state index contributed by atoms with van der Waals surface area (Å²) < 4.78 is 0. The van der Waals surface area contributed by atoms with Gasteiger partial charge in [0.05, 0.1) is 17.8 Å². The van der Waals surface area contributed by atoms with Crippen LogP contribution < -0.4 is 0 Å². The molecule has 0 aliphatic carbocycles. The highest BCUT2D eigenvalue weighted by Gasteiger charge is 2.20. The minimum atomic E-state index is 0.122. The highest BCUT2D eigenvalue weighted by Crippen LogP contribution is 2.34. The molecule has 0 aliphatic rings. The summed E-state index contributed by atoms with van der Waals surface area (Å²) in [5, 5.41) is 1.17. The fraction of sp³-hybridized carbons (Fsp3) is 0.0526. The van der Waals surface area contributed by atoms with Gasteiger partial charge < -0.3 is 4.98 Å². The van der Waals surface area contributed by atoms with Crippen molar-refractivity contribution in [1.29, 1.82) is 0 Å². The number of hydrogen-bond donors (Lipinski definition) is 1. The number of fused-ring (bicyclic) bond motifs is 1. The third-order valence-corrected chi connectivity index (χ3v) is 3.95. The van der Waals surface area contributed by atoms with E-state index < -0.39 is 0 Å². The second-order valence-electron chi connectivity index (χ2n) is 5.27. The SMILES string of the molecule is c1ccc(C(c2cnc[nH]2)c2cccc3ncccc23)cc1. The number of hydrogen-bond acceptors (Lipinski definition) is 2. The lowest BCUT2D eigenvalue weighted by Crippen LogP contribution is -2.04. The van der Waals surface area contributed by atoms with Gasteiger partial charge in [0.1, 0.15) is 0 Å². The van der Waals surface area contributed by atoms with Crippen molar-refractivity contribution in [2.45, 2.75) is 5.92 Å². The number of aromatic amines is 1. The van der Waals surface area contributed by atoms with Crippen molar-refractivity contribution in [2.24, 2.45) is 0 Å². The molecule has 4 rings (SSSR count). The lowest BCUT2D eigenvalue weighted by atomic mass is 9.86. The van der Waals surface area contributed by atoms with Gasteiger partial charge in [-0.2, -0.15) is 0 Å². The Morgan fingerprint density at radius 2 is 1.77 bits per heavy atom. The Morgan fingerprint density at radius 3 is 2.59 bits per heavy atom. The van der Waals surface area contributed by atoms with Crippen LogP contribution in [0.2, 0.25) is 0 Å². The number of aromatic nitrogens is 3. The van der Waals surface area contributed by atoms with E-state index in [4.69, 9.17) is 0 Å². The average Bonchev–Trinajstić information content (AvgIpc) is 3.11. The smallest absolute Gasteiger partial charge is 0.0922 e. The zero-order valence-corrected chi connectivity index (χ0v) is 12.0. The number of nitrogens with one attached hydrogen (secondary N) is 1. The number of rotatable bonds is 3. The molecule has 0 saturated carbocycles. The highest BCUT2D eigenvalue weighted by atomic mass is 14.9. The van der Waals surface area contributed by atoms with Crippen molar-refractivity contribution in [1.82, 2.24) is 15.0 Å². The van der Waals surface area contributed by atoms with Crippen LogP contribution in [-0.4, -0.2) is 15.0 Å². The second-order valence-corrected chi connectivity index (χ2v) is 5.27. The van der Waals surface area contributed by atoms with Crippen molar-refractivity contribution in [2.75, 3.05) is 0 Å². The van der Waals surface area contributed by atoms with E-state index in [1.54, 1.807) is 6.33 Å². The molecule has 0 spiro atoms.